The Bertz CT molecular complexity index is 429. The molecular weight excluding hydrogens is 290 g/mol. The number of aliphatic hydroxyl groups is 1. The second-order valence-corrected chi connectivity index (χ2v) is 7.05. The third-order valence-electron chi connectivity index (χ3n) is 4.33. The van der Waals surface area contributed by atoms with E-state index < -0.39 is 0 Å². The lowest BCUT2D eigenvalue weighted by molar-refractivity contribution is 0.124. The Morgan fingerprint density at radius 2 is 2.25 bits per heavy atom. The summed E-state index contributed by atoms with van der Waals surface area (Å²) in [6.07, 6.45) is 4.66. The highest BCUT2D eigenvalue weighted by molar-refractivity contribution is 7.99. The molecule has 0 radical (unpaired) electrons. The molecule has 0 aromatic heterocycles. The van der Waals surface area contributed by atoms with Gasteiger partial charge in [-0.1, -0.05) is 37.1 Å². The number of hydrogen-bond donors (Lipinski definition) is 2. The summed E-state index contributed by atoms with van der Waals surface area (Å²) in [6.45, 7) is 3.29. The number of thioether (sulfide) groups is 1. The van der Waals surface area contributed by atoms with Gasteiger partial charge in [-0.2, -0.15) is 0 Å². The Morgan fingerprint density at radius 1 is 1.45 bits per heavy atom. The molecule has 2 atom stereocenters. The van der Waals surface area contributed by atoms with Gasteiger partial charge in [0.1, 0.15) is 0 Å². The molecule has 1 saturated carbocycles. The third kappa shape index (κ3) is 3.70. The van der Waals surface area contributed by atoms with Gasteiger partial charge in [-0.05, 0) is 49.6 Å². The van der Waals surface area contributed by atoms with Gasteiger partial charge in [-0.3, -0.25) is 0 Å². The molecule has 4 heteroatoms. The van der Waals surface area contributed by atoms with Crippen LogP contribution in [0.5, 0.6) is 0 Å². The molecule has 20 heavy (non-hydrogen) atoms. The van der Waals surface area contributed by atoms with Crippen molar-refractivity contribution in [3.05, 3.63) is 29.3 Å². The normalized spacial score (nSPS) is 26.1. The lowest BCUT2D eigenvalue weighted by Gasteiger charge is -2.35. The molecular formula is C16H24ClNOS. The summed E-state index contributed by atoms with van der Waals surface area (Å²) in [4.78, 5) is 1.16. The van der Waals surface area contributed by atoms with Crippen molar-refractivity contribution in [2.45, 2.75) is 43.0 Å². The van der Waals surface area contributed by atoms with Crippen LogP contribution >= 0.6 is 23.4 Å². The van der Waals surface area contributed by atoms with Gasteiger partial charge >= 0.3 is 0 Å². The minimum Gasteiger partial charge on any atom is -0.394 e. The van der Waals surface area contributed by atoms with Crippen molar-refractivity contribution in [1.82, 2.24) is 5.32 Å². The molecule has 2 N–H and O–H groups in total. The van der Waals surface area contributed by atoms with E-state index in [4.69, 9.17) is 11.6 Å². The highest BCUT2D eigenvalue weighted by Gasteiger charge is 2.41. The Kier molecular flexibility index (Phi) is 6.21. The van der Waals surface area contributed by atoms with Crippen LogP contribution in [0.3, 0.4) is 0 Å². The first-order chi connectivity index (χ1) is 9.72. The van der Waals surface area contributed by atoms with Crippen LogP contribution in [-0.2, 0) is 0 Å². The van der Waals surface area contributed by atoms with E-state index in [0.717, 1.165) is 35.1 Å². The van der Waals surface area contributed by atoms with Crippen LogP contribution in [0.4, 0.5) is 0 Å². The number of benzene rings is 1. The summed E-state index contributed by atoms with van der Waals surface area (Å²) in [5.41, 5.74) is -0.0458. The smallest absolute Gasteiger partial charge is 0.0616 e. The largest absolute Gasteiger partial charge is 0.394 e. The Morgan fingerprint density at radius 3 is 2.95 bits per heavy atom. The quantitative estimate of drug-likeness (QED) is 0.747. The molecule has 1 fully saturated rings. The van der Waals surface area contributed by atoms with Gasteiger partial charge in [-0.15, -0.1) is 11.8 Å². The molecule has 0 amide bonds. The van der Waals surface area contributed by atoms with Crippen LogP contribution in [0.1, 0.15) is 32.6 Å². The molecule has 1 aliphatic carbocycles. The van der Waals surface area contributed by atoms with Crippen molar-refractivity contribution in [1.29, 1.82) is 0 Å². The van der Waals surface area contributed by atoms with Crippen LogP contribution in [0.2, 0.25) is 5.02 Å². The van der Waals surface area contributed by atoms with E-state index in [0.29, 0.717) is 5.92 Å². The topological polar surface area (TPSA) is 32.3 Å². The molecule has 0 aliphatic heterocycles. The lowest BCUT2D eigenvalue weighted by Crippen LogP contribution is -2.51. The molecule has 1 aliphatic rings. The molecule has 112 valence electrons. The van der Waals surface area contributed by atoms with E-state index >= 15 is 0 Å². The van der Waals surface area contributed by atoms with Crippen molar-refractivity contribution in [3.8, 4) is 0 Å². The summed E-state index contributed by atoms with van der Waals surface area (Å²) in [7, 11) is 0. The fraction of sp³-hybridized carbons (Fsp3) is 0.625. The zero-order chi connectivity index (χ0) is 14.4. The zero-order valence-corrected chi connectivity index (χ0v) is 13.6. The van der Waals surface area contributed by atoms with Gasteiger partial charge in [0.15, 0.2) is 0 Å². The molecule has 2 nitrogen and oxygen atoms in total. The van der Waals surface area contributed by atoms with Crippen molar-refractivity contribution < 1.29 is 5.11 Å². The average Bonchev–Trinajstić information content (AvgIpc) is 2.85. The predicted molar refractivity (Wildman–Crippen MR) is 87.6 cm³/mol. The van der Waals surface area contributed by atoms with Gasteiger partial charge < -0.3 is 10.4 Å². The van der Waals surface area contributed by atoms with Crippen LogP contribution in [0, 0.1) is 5.92 Å². The van der Waals surface area contributed by atoms with E-state index in [9.17, 15) is 5.11 Å². The number of aliphatic hydroxyl groups excluding tert-OH is 1. The molecule has 0 bridgehead atoms. The lowest BCUT2D eigenvalue weighted by atomic mass is 9.86. The van der Waals surface area contributed by atoms with Gasteiger partial charge in [0.05, 0.1) is 11.6 Å². The first-order valence-corrected chi connectivity index (χ1v) is 8.81. The number of nitrogens with one attached hydrogen (secondary N) is 1. The molecule has 0 heterocycles. The monoisotopic (exact) mass is 313 g/mol. The van der Waals surface area contributed by atoms with Gasteiger partial charge in [-0.25, -0.2) is 0 Å². The standard InChI is InChI=1S/C16H24ClNOS/c1-2-18-16(12-19)10-5-6-13(16)9-11-20-15-8-4-3-7-14(15)17/h3-4,7-8,13,18-19H,2,5-6,9-12H2,1H3. The highest BCUT2D eigenvalue weighted by Crippen LogP contribution is 2.39. The summed E-state index contributed by atoms with van der Waals surface area (Å²) in [6, 6.07) is 8.01. The van der Waals surface area contributed by atoms with Crippen LogP contribution < -0.4 is 5.32 Å². The second-order valence-electron chi connectivity index (χ2n) is 5.50. The Labute approximate surface area is 131 Å². The van der Waals surface area contributed by atoms with Crippen molar-refractivity contribution in [2.75, 3.05) is 18.9 Å². The molecule has 2 rings (SSSR count). The zero-order valence-electron chi connectivity index (χ0n) is 12.1. The third-order valence-corrected chi connectivity index (χ3v) is 5.88. The van der Waals surface area contributed by atoms with E-state index in [1.165, 1.54) is 12.8 Å². The summed E-state index contributed by atoms with van der Waals surface area (Å²) in [5.74, 6) is 1.63. The summed E-state index contributed by atoms with van der Waals surface area (Å²) < 4.78 is 0. The predicted octanol–water partition coefficient (Wildman–Crippen LogP) is 3.96. The Hall–Kier alpha value is -0.220. The van der Waals surface area contributed by atoms with E-state index in [2.05, 4.69) is 18.3 Å². The minimum absolute atomic E-state index is 0.0458. The first kappa shape index (κ1) is 16.2. The SMILES string of the molecule is CCNC1(CO)CCCC1CCSc1ccccc1Cl. The number of hydrogen-bond acceptors (Lipinski definition) is 3. The highest BCUT2D eigenvalue weighted by atomic mass is 35.5. The molecule has 1 aromatic rings. The van der Waals surface area contributed by atoms with Gasteiger partial charge in [0, 0.05) is 10.4 Å². The van der Waals surface area contributed by atoms with Crippen molar-refractivity contribution in [2.24, 2.45) is 5.92 Å². The second kappa shape index (κ2) is 7.69. The van der Waals surface area contributed by atoms with Crippen LogP contribution in [0.25, 0.3) is 0 Å². The van der Waals surface area contributed by atoms with E-state index in [1.54, 1.807) is 0 Å². The maximum Gasteiger partial charge on any atom is 0.0616 e. The number of rotatable bonds is 7. The molecule has 0 spiro atoms. The van der Waals surface area contributed by atoms with Crippen molar-refractivity contribution >= 4 is 23.4 Å². The Balaban J connectivity index is 1.88. The summed E-state index contributed by atoms with van der Waals surface area (Å²) in [5, 5.41) is 14.2. The van der Waals surface area contributed by atoms with E-state index in [1.807, 2.05) is 30.0 Å². The minimum atomic E-state index is -0.0458. The van der Waals surface area contributed by atoms with Crippen molar-refractivity contribution in [3.63, 3.8) is 0 Å². The number of halogens is 1. The van der Waals surface area contributed by atoms with Gasteiger partial charge in [0.2, 0.25) is 0 Å². The number of likely N-dealkylation sites (N-methyl/N-ethyl adjacent to an activating group) is 1. The molecule has 0 saturated heterocycles. The van der Waals surface area contributed by atoms with E-state index in [-0.39, 0.29) is 12.1 Å². The fourth-order valence-electron chi connectivity index (χ4n) is 3.29. The maximum absolute atomic E-state index is 9.79. The molecule has 1 aromatic carbocycles. The fourth-order valence-corrected chi connectivity index (χ4v) is 4.59. The maximum atomic E-state index is 9.79. The first-order valence-electron chi connectivity index (χ1n) is 7.45. The van der Waals surface area contributed by atoms with Crippen LogP contribution in [0.15, 0.2) is 29.2 Å². The molecule has 2 unspecified atom stereocenters. The van der Waals surface area contributed by atoms with Crippen LogP contribution in [-0.4, -0.2) is 29.5 Å². The summed E-state index contributed by atoms with van der Waals surface area (Å²) >= 11 is 8.00. The average molecular weight is 314 g/mol. The van der Waals surface area contributed by atoms with Gasteiger partial charge in [0.25, 0.3) is 0 Å².